The maximum absolute atomic E-state index is 13.9. The maximum atomic E-state index is 13.9. The number of nitrogens with zero attached hydrogens (tertiary/aromatic N) is 7. The quantitative estimate of drug-likeness (QED) is 0.143. The number of piperidine rings is 1. The number of amides is 6. The first-order chi connectivity index (χ1) is 29.3. The molecular weight excluding hydrogens is 777 g/mol. The van der Waals surface area contributed by atoms with E-state index in [1.807, 2.05) is 68.0 Å². The number of pyridine rings is 2. The molecule has 3 aliphatic heterocycles. The minimum absolute atomic E-state index is 0.00239. The van der Waals surface area contributed by atoms with E-state index in [1.54, 1.807) is 18.3 Å². The van der Waals surface area contributed by atoms with E-state index in [0.29, 0.717) is 17.7 Å². The molecule has 316 valence electrons. The molecule has 2 fully saturated rings. The number of fused-ring (bicyclic) bond motifs is 2. The fraction of sp³-hybridized carbons (Fsp3) is 0.378. The van der Waals surface area contributed by atoms with E-state index >= 15 is 0 Å². The van der Waals surface area contributed by atoms with Crippen LogP contribution < -0.4 is 21.1 Å². The van der Waals surface area contributed by atoms with Crippen LogP contribution in [0.5, 0.6) is 0 Å². The molecule has 16 nitrogen and oxygen atoms in total. The molecule has 5 aromatic rings. The Hall–Kier alpha value is -6.68. The van der Waals surface area contributed by atoms with Gasteiger partial charge in [-0.2, -0.15) is 10.1 Å². The van der Waals surface area contributed by atoms with E-state index in [9.17, 15) is 28.8 Å². The molecule has 0 atom stereocenters. The molecule has 0 bridgehead atoms. The number of carbonyl (C=O) groups excluding carboxylic acids is 5. The van der Waals surface area contributed by atoms with Gasteiger partial charge >= 0.3 is 6.03 Å². The summed E-state index contributed by atoms with van der Waals surface area (Å²) in [5, 5.41) is 12.4. The monoisotopic (exact) mass is 826 g/mol. The normalized spacial score (nSPS) is 16.0. The average molecular weight is 827 g/mol. The van der Waals surface area contributed by atoms with Crippen LogP contribution in [0.25, 0.3) is 22.0 Å². The van der Waals surface area contributed by atoms with Crippen molar-refractivity contribution in [3.8, 4) is 11.1 Å². The van der Waals surface area contributed by atoms with Crippen molar-refractivity contribution in [2.24, 2.45) is 0 Å². The van der Waals surface area contributed by atoms with Gasteiger partial charge in [0.1, 0.15) is 5.82 Å². The zero-order chi connectivity index (χ0) is 43.1. The number of H-pyrrole nitrogens is 1. The Balaban J connectivity index is 0.926. The van der Waals surface area contributed by atoms with Crippen LogP contribution in [0.15, 0.2) is 65.7 Å². The summed E-state index contributed by atoms with van der Waals surface area (Å²) in [6, 6.07) is 14.7. The third-order valence-corrected chi connectivity index (χ3v) is 11.9. The number of nitrogens with one attached hydrogen (secondary N) is 3. The SMILES string of the molecule is CCCc1cc(C)[nH]c(=O)c1CNC(=O)c1cc(-c2ccc(N3CCC(N(C)Cc4ccc5c(c4)C(=O)N(N4CCC(=O)NC4=O)C5=O)CC3)nc2)cc2c1cnn2C(C)C. The van der Waals surface area contributed by atoms with E-state index in [4.69, 9.17) is 4.98 Å². The summed E-state index contributed by atoms with van der Waals surface area (Å²) in [6.45, 7) is 10.2. The lowest BCUT2D eigenvalue weighted by Crippen LogP contribution is -2.58. The molecule has 61 heavy (non-hydrogen) atoms. The summed E-state index contributed by atoms with van der Waals surface area (Å²) in [4.78, 5) is 89.5. The van der Waals surface area contributed by atoms with Crippen LogP contribution in [0.4, 0.5) is 10.6 Å². The number of aryl methyl sites for hydroxylation is 2. The van der Waals surface area contributed by atoms with Crippen molar-refractivity contribution in [1.29, 1.82) is 0 Å². The van der Waals surface area contributed by atoms with Crippen LogP contribution >= 0.6 is 0 Å². The van der Waals surface area contributed by atoms with Gasteiger partial charge < -0.3 is 15.2 Å². The largest absolute Gasteiger partial charge is 0.357 e. The average Bonchev–Trinajstić information content (AvgIpc) is 3.78. The van der Waals surface area contributed by atoms with E-state index < -0.39 is 23.8 Å². The topological polar surface area (TPSA) is 186 Å². The Morgan fingerprint density at radius 1 is 0.934 bits per heavy atom. The number of hydrogen-bond acceptors (Lipinski definition) is 10. The fourth-order valence-corrected chi connectivity index (χ4v) is 8.68. The molecule has 0 saturated carbocycles. The van der Waals surface area contributed by atoms with Gasteiger partial charge in [0.15, 0.2) is 0 Å². The molecule has 2 aromatic carbocycles. The van der Waals surface area contributed by atoms with Crippen LogP contribution in [0, 0.1) is 6.92 Å². The Labute approximate surface area is 352 Å². The first-order valence-corrected chi connectivity index (χ1v) is 20.9. The van der Waals surface area contributed by atoms with Crippen molar-refractivity contribution < 1.29 is 24.0 Å². The van der Waals surface area contributed by atoms with Crippen LogP contribution in [-0.4, -0.2) is 97.0 Å². The van der Waals surface area contributed by atoms with Crippen molar-refractivity contribution in [2.45, 2.75) is 85.0 Å². The number of aromatic amines is 1. The molecule has 0 aliphatic carbocycles. The standard InChI is InChI=1S/C45H50N10O6/c1-6-7-29-18-27(4)49-42(58)36(29)23-47-41(57)34-20-31(21-38-37(34)24-48-54(38)26(2)3)30-9-11-39(46-22-30)52-15-12-32(13-16-52)51(5)25-28-8-10-33-35(19-28)44(60)55(43(33)59)53-17-14-40(56)50-45(53)61/h8-11,18-22,24,26,32H,6-7,12-17,23,25H2,1-5H3,(H,47,57)(H,49,58)(H,50,56,61). The van der Waals surface area contributed by atoms with Gasteiger partial charge in [0, 0.05) is 73.1 Å². The van der Waals surface area contributed by atoms with E-state index in [2.05, 4.69) is 44.5 Å². The van der Waals surface area contributed by atoms with Crippen molar-refractivity contribution in [3.63, 3.8) is 0 Å². The Bertz CT molecular complexity index is 2620. The van der Waals surface area contributed by atoms with E-state index in [-0.39, 0.29) is 54.2 Å². The van der Waals surface area contributed by atoms with Crippen LogP contribution in [0.2, 0.25) is 0 Å². The molecule has 16 heteroatoms. The molecule has 0 unspecified atom stereocenters. The predicted molar refractivity (Wildman–Crippen MR) is 229 cm³/mol. The smallest absolute Gasteiger partial charge is 0.343 e. The van der Waals surface area contributed by atoms with Gasteiger partial charge in [-0.3, -0.25) is 38.9 Å². The number of hydrogen-bond donors (Lipinski definition) is 3. The lowest BCUT2D eigenvalue weighted by Gasteiger charge is -2.37. The highest BCUT2D eigenvalue weighted by Gasteiger charge is 2.43. The van der Waals surface area contributed by atoms with Gasteiger partial charge in [0.2, 0.25) is 5.91 Å². The second-order valence-corrected chi connectivity index (χ2v) is 16.4. The first kappa shape index (κ1) is 41.1. The second kappa shape index (κ2) is 16.8. The summed E-state index contributed by atoms with van der Waals surface area (Å²) in [5.74, 6) is -1.04. The van der Waals surface area contributed by atoms with Crippen molar-refractivity contribution >= 4 is 46.4 Å². The molecule has 0 radical (unpaired) electrons. The van der Waals surface area contributed by atoms with Crippen LogP contribution in [0.3, 0.4) is 0 Å². The number of rotatable bonds is 12. The van der Waals surface area contributed by atoms with Gasteiger partial charge in [-0.15, -0.1) is 0 Å². The van der Waals surface area contributed by atoms with Gasteiger partial charge in [-0.1, -0.05) is 19.4 Å². The third-order valence-electron chi connectivity index (χ3n) is 11.9. The van der Waals surface area contributed by atoms with Gasteiger partial charge in [0.25, 0.3) is 23.3 Å². The Kier molecular flexibility index (Phi) is 11.3. The minimum atomic E-state index is -0.789. The van der Waals surface area contributed by atoms with Crippen LogP contribution in [-0.2, 0) is 24.3 Å². The number of imide groups is 2. The number of benzene rings is 2. The number of hydrazine groups is 1. The molecule has 3 aromatic heterocycles. The molecule has 6 heterocycles. The number of anilines is 1. The summed E-state index contributed by atoms with van der Waals surface area (Å²) in [5.41, 5.74) is 6.46. The van der Waals surface area contributed by atoms with Crippen molar-refractivity contribution in [1.82, 2.24) is 45.3 Å². The number of carbonyl (C=O) groups is 5. The molecule has 0 spiro atoms. The van der Waals surface area contributed by atoms with Crippen molar-refractivity contribution in [2.75, 3.05) is 31.6 Å². The number of aromatic nitrogens is 4. The lowest BCUT2D eigenvalue weighted by molar-refractivity contribution is -0.122. The van der Waals surface area contributed by atoms with Crippen LogP contribution in [0.1, 0.15) is 106 Å². The van der Waals surface area contributed by atoms with Crippen molar-refractivity contribution in [3.05, 3.63) is 110 Å². The lowest BCUT2D eigenvalue weighted by atomic mass is 9.99. The molecule has 2 saturated heterocycles. The molecule has 8 rings (SSSR count). The highest BCUT2D eigenvalue weighted by molar-refractivity contribution is 6.22. The maximum Gasteiger partial charge on any atom is 0.343 e. The predicted octanol–water partition coefficient (Wildman–Crippen LogP) is 5.11. The Morgan fingerprint density at radius 2 is 1.70 bits per heavy atom. The second-order valence-electron chi connectivity index (χ2n) is 16.4. The van der Waals surface area contributed by atoms with Gasteiger partial charge in [0.05, 0.1) is 34.9 Å². The highest BCUT2D eigenvalue weighted by Crippen LogP contribution is 2.32. The summed E-state index contributed by atoms with van der Waals surface area (Å²) in [7, 11) is 2.05. The highest BCUT2D eigenvalue weighted by atomic mass is 16.2. The van der Waals surface area contributed by atoms with Gasteiger partial charge in [-0.05, 0) is 106 Å². The minimum Gasteiger partial charge on any atom is -0.357 e. The van der Waals surface area contributed by atoms with E-state index in [1.165, 1.54) is 0 Å². The Morgan fingerprint density at radius 3 is 2.41 bits per heavy atom. The molecular formula is C45H50N10O6. The summed E-state index contributed by atoms with van der Waals surface area (Å²) in [6.07, 6.45) is 6.98. The number of urea groups is 1. The zero-order valence-electron chi connectivity index (χ0n) is 35.1. The van der Waals surface area contributed by atoms with Gasteiger partial charge in [-0.25, -0.2) is 14.8 Å². The third kappa shape index (κ3) is 8.02. The zero-order valence-corrected chi connectivity index (χ0v) is 35.1. The fourth-order valence-electron chi connectivity index (χ4n) is 8.68. The molecule has 3 aliphatic rings. The summed E-state index contributed by atoms with van der Waals surface area (Å²) >= 11 is 0. The molecule has 6 amide bonds. The molecule has 3 N–H and O–H groups in total. The van der Waals surface area contributed by atoms with E-state index in [0.717, 1.165) is 93.5 Å². The summed E-state index contributed by atoms with van der Waals surface area (Å²) < 4.78 is 1.91. The first-order valence-electron chi connectivity index (χ1n) is 20.9.